The number of hydrogen-bond donors (Lipinski definition) is 2. The third-order valence-corrected chi connectivity index (χ3v) is 4.07. The number of thiophene rings is 1. The van der Waals surface area contributed by atoms with Crippen LogP contribution in [0.5, 0.6) is 0 Å². The van der Waals surface area contributed by atoms with E-state index in [2.05, 4.69) is 15.9 Å². The van der Waals surface area contributed by atoms with Crippen LogP contribution in [-0.4, -0.2) is 16.2 Å². The van der Waals surface area contributed by atoms with Gasteiger partial charge in [0, 0.05) is 20.6 Å². The van der Waals surface area contributed by atoms with E-state index in [1.807, 2.05) is 13.0 Å². The first-order chi connectivity index (χ1) is 6.50. The zero-order valence-corrected chi connectivity index (χ0v) is 10.1. The highest BCUT2D eigenvalue weighted by Crippen LogP contribution is 2.32. The molecule has 0 saturated heterocycles. The van der Waals surface area contributed by atoms with E-state index >= 15 is 0 Å². The van der Waals surface area contributed by atoms with Gasteiger partial charge in [0.25, 0.3) is 0 Å². The summed E-state index contributed by atoms with van der Waals surface area (Å²) >= 11 is 4.83. The fourth-order valence-electron chi connectivity index (χ4n) is 1.05. The minimum atomic E-state index is -0.878. The molecule has 0 fully saturated rings. The van der Waals surface area contributed by atoms with Crippen LogP contribution in [0.15, 0.2) is 10.5 Å². The van der Waals surface area contributed by atoms with Gasteiger partial charge < -0.3 is 10.2 Å². The SMILES string of the molecule is Cc1sc(C(O)CCC(=O)O)cc1Br. The summed E-state index contributed by atoms with van der Waals surface area (Å²) in [5, 5.41) is 18.1. The van der Waals surface area contributed by atoms with Crippen molar-refractivity contribution in [1.82, 2.24) is 0 Å². The highest BCUT2D eigenvalue weighted by atomic mass is 79.9. The Morgan fingerprint density at radius 1 is 1.71 bits per heavy atom. The van der Waals surface area contributed by atoms with Crippen molar-refractivity contribution >= 4 is 33.2 Å². The maximum absolute atomic E-state index is 10.3. The highest BCUT2D eigenvalue weighted by molar-refractivity contribution is 9.10. The largest absolute Gasteiger partial charge is 0.481 e. The summed E-state index contributed by atoms with van der Waals surface area (Å²) in [6, 6.07) is 1.84. The van der Waals surface area contributed by atoms with E-state index in [1.54, 1.807) is 0 Å². The zero-order valence-electron chi connectivity index (χ0n) is 7.66. The standard InChI is InChI=1S/C9H11BrO3S/c1-5-6(10)4-8(14-5)7(11)2-3-9(12)13/h4,7,11H,2-3H2,1H3,(H,12,13). The quantitative estimate of drug-likeness (QED) is 0.891. The molecule has 1 aromatic heterocycles. The molecule has 14 heavy (non-hydrogen) atoms. The van der Waals surface area contributed by atoms with Crippen LogP contribution in [0, 0.1) is 6.92 Å². The normalized spacial score (nSPS) is 12.8. The van der Waals surface area contributed by atoms with Gasteiger partial charge in [-0.3, -0.25) is 4.79 Å². The Kier molecular flexibility index (Phi) is 4.10. The van der Waals surface area contributed by atoms with Crippen LogP contribution in [-0.2, 0) is 4.79 Å². The summed E-state index contributed by atoms with van der Waals surface area (Å²) in [4.78, 5) is 12.2. The van der Waals surface area contributed by atoms with Crippen molar-refractivity contribution in [3.05, 3.63) is 20.3 Å². The molecule has 1 aromatic rings. The molecule has 0 amide bonds. The predicted octanol–water partition coefficient (Wildman–Crippen LogP) is 2.72. The van der Waals surface area contributed by atoms with Crippen molar-refractivity contribution in [2.75, 3.05) is 0 Å². The summed E-state index contributed by atoms with van der Waals surface area (Å²) in [7, 11) is 0. The molecule has 5 heteroatoms. The number of carboxylic acids is 1. The lowest BCUT2D eigenvalue weighted by Gasteiger charge is -2.05. The van der Waals surface area contributed by atoms with Gasteiger partial charge in [-0.2, -0.15) is 0 Å². The molecule has 3 nitrogen and oxygen atoms in total. The van der Waals surface area contributed by atoms with Crippen LogP contribution in [0.2, 0.25) is 0 Å². The molecule has 0 radical (unpaired) electrons. The summed E-state index contributed by atoms with van der Waals surface area (Å²) < 4.78 is 0.965. The first kappa shape index (κ1) is 11.7. The molecular weight excluding hydrogens is 268 g/mol. The third kappa shape index (κ3) is 3.08. The lowest BCUT2D eigenvalue weighted by atomic mass is 10.2. The number of hydrogen-bond acceptors (Lipinski definition) is 3. The average Bonchev–Trinajstić information content (AvgIpc) is 2.43. The van der Waals surface area contributed by atoms with Gasteiger partial charge in [0.2, 0.25) is 0 Å². The monoisotopic (exact) mass is 278 g/mol. The lowest BCUT2D eigenvalue weighted by molar-refractivity contribution is -0.137. The number of aliphatic hydroxyl groups is 1. The van der Waals surface area contributed by atoms with Crippen molar-refractivity contribution in [3.63, 3.8) is 0 Å². The molecule has 0 aromatic carbocycles. The Balaban J connectivity index is 2.60. The van der Waals surface area contributed by atoms with Crippen molar-refractivity contribution in [2.45, 2.75) is 25.9 Å². The van der Waals surface area contributed by atoms with Crippen LogP contribution in [0.25, 0.3) is 0 Å². The molecule has 0 bridgehead atoms. The van der Waals surface area contributed by atoms with E-state index in [9.17, 15) is 9.90 Å². The minimum Gasteiger partial charge on any atom is -0.481 e. The Labute approximate surface area is 94.5 Å². The number of aliphatic hydroxyl groups excluding tert-OH is 1. The van der Waals surface area contributed by atoms with Crippen molar-refractivity contribution in [2.24, 2.45) is 0 Å². The molecule has 0 aliphatic heterocycles. The Hall–Kier alpha value is -0.390. The van der Waals surface area contributed by atoms with Gasteiger partial charge in [-0.15, -0.1) is 11.3 Å². The molecule has 0 aliphatic carbocycles. The summed E-state index contributed by atoms with van der Waals surface area (Å²) in [6.45, 7) is 1.95. The maximum Gasteiger partial charge on any atom is 0.303 e. The summed E-state index contributed by atoms with van der Waals surface area (Å²) in [5.74, 6) is -0.878. The second kappa shape index (κ2) is 4.91. The molecule has 0 aliphatic rings. The third-order valence-electron chi connectivity index (χ3n) is 1.84. The van der Waals surface area contributed by atoms with Gasteiger partial charge in [0.05, 0.1) is 6.10 Å². The van der Waals surface area contributed by atoms with E-state index in [0.717, 1.165) is 14.2 Å². The summed E-state index contributed by atoms with van der Waals surface area (Å²) in [6.07, 6.45) is -0.404. The van der Waals surface area contributed by atoms with E-state index in [-0.39, 0.29) is 12.8 Å². The topological polar surface area (TPSA) is 57.5 Å². The smallest absolute Gasteiger partial charge is 0.303 e. The fourth-order valence-corrected chi connectivity index (χ4v) is 2.63. The van der Waals surface area contributed by atoms with Crippen molar-refractivity contribution in [3.8, 4) is 0 Å². The number of rotatable bonds is 4. The fraction of sp³-hybridized carbons (Fsp3) is 0.444. The molecular formula is C9H11BrO3S. The zero-order chi connectivity index (χ0) is 10.7. The van der Waals surface area contributed by atoms with Gasteiger partial charge in [0.1, 0.15) is 0 Å². The van der Waals surface area contributed by atoms with Gasteiger partial charge in [-0.25, -0.2) is 0 Å². The van der Waals surface area contributed by atoms with Gasteiger partial charge >= 0.3 is 5.97 Å². The summed E-state index contributed by atoms with van der Waals surface area (Å²) in [5.41, 5.74) is 0. The first-order valence-electron chi connectivity index (χ1n) is 4.16. The number of carbonyl (C=O) groups is 1. The minimum absolute atomic E-state index is 0.00423. The average molecular weight is 279 g/mol. The molecule has 78 valence electrons. The maximum atomic E-state index is 10.3. The first-order valence-corrected chi connectivity index (χ1v) is 5.77. The number of aliphatic carboxylic acids is 1. The predicted molar refractivity (Wildman–Crippen MR) is 58.6 cm³/mol. The van der Waals surface area contributed by atoms with Crippen LogP contribution in [0.3, 0.4) is 0 Å². The molecule has 1 rings (SSSR count). The number of halogens is 1. The Bertz CT molecular complexity index is 315. The van der Waals surface area contributed by atoms with Crippen LogP contribution in [0.1, 0.15) is 28.7 Å². The number of aryl methyl sites for hydroxylation is 1. The molecule has 1 unspecified atom stereocenters. The molecule has 2 N–H and O–H groups in total. The molecule has 1 heterocycles. The van der Waals surface area contributed by atoms with Crippen molar-refractivity contribution in [1.29, 1.82) is 0 Å². The molecule has 0 saturated carbocycles. The van der Waals surface area contributed by atoms with Gasteiger partial charge in [-0.1, -0.05) is 0 Å². The molecule has 1 atom stereocenters. The second-order valence-corrected chi connectivity index (χ2v) is 5.14. The van der Waals surface area contributed by atoms with E-state index in [0.29, 0.717) is 0 Å². The number of carboxylic acid groups (broad SMARTS) is 1. The van der Waals surface area contributed by atoms with Crippen LogP contribution >= 0.6 is 27.3 Å². The second-order valence-electron chi connectivity index (χ2n) is 3.00. The van der Waals surface area contributed by atoms with Crippen LogP contribution in [0.4, 0.5) is 0 Å². The Morgan fingerprint density at radius 3 is 2.79 bits per heavy atom. The van der Waals surface area contributed by atoms with E-state index in [4.69, 9.17) is 5.11 Å². The van der Waals surface area contributed by atoms with Crippen LogP contribution < -0.4 is 0 Å². The highest BCUT2D eigenvalue weighted by Gasteiger charge is 2.13. The van der Waals surface area contributed by atoms with E-state index < -0.39 is 12.1 Å². The van der Waals surface area contributed by atoms with Gasteiger partial charge in [-0.05, 0) is 35.3 Å². The Morgan fingerprint density at radius 2 is 2.36 bits per heavy atom. The van der Waals surface area contributed by atoms with Crippen molar-refractivity contribution < 1.29 is 15.0 Å². The lowest BCUT2D eigenvalue weighted by Crippen LogP contribution is -2.00. The van der Waals surface area contributed by atoms with Gasteiger partial charge in [0.15, 0.2) is 0 Å². The van der Waals surface area contributed by atoms with E-state index in [1.165, 1.54) is 11.3 Å². The molecule has 0 spiro atoms.